The van der Waals surface area contributed by atoms with Crippen LogP contribution >= 0.6 is 0 Å². The van der Waals surface area contributed by atoms with E-state index in [1.54, 1.807) is 30.3 Å². The molecule has 1 fully saturated rings. The Morgan fingerprint density at radius 1 is 1.32 bits per heavy atom. The molecule has 28 heavy (non-hydrogen) atoms. The molecule has 1 amide bonds. The molecule has 1 aliphatic rings. The van der Waals surface area contributed by atoms with Gasteiger partial charge in [0.15, 0.2) is 0 Å². The lowest BCUT2D eigenvalue weighted by molar-refractivity contribution is 0.0707. The van der Waals surface area contributed by atoms with Gasteiger partial charge in [0.05, 0.1) is 19.3 Å². The van der Waals surface area contributed by atoms with Crippen molar-refractivity contribution in [1.29, 1.82) is 0 Å². The quantitative estimate of drug-likeness (QED) is 0.819. The lowest BCUT2D eigenvalue weighted by Gasteiger charge is -2.32. The maximum absolute atomic E-state index is 14.4. The first-order valence-electron chi connectivity index (χ1n) is 9.54. The van der Waals surface area contributed by atoms with Crippen LogP contribution in [0.25, 0.3) is 0 Å². The average Bonchev–Trinajstić information content (AvgIpc) is 2.72. The van der Waals surface area contributed by atoms with E-state index >= 15 is 0 Å². The third kappa shape index (κ3) is 4.35. The zero-order chi connectivity index (χ0) is 20.1. The molecule has 0 atom stereocenters. The number of carbonyl (C=O) groups excluding carboxylic acids is 1. The molecule has 0 spiro atoms. The molecule has 0 aliphatic carbocycles. The number of hydrogen-bond acceptors (Lipinski definition) is 5. The smallest absolute Gasteiger partial charge is 0.256 e. The SMILES string of the molecule is CCCOc1ccc(C(=O)N2CCC(c3cnc(N)cc3OC)CC2)c(F)c1. The molecular formula is C21H26FN3O3. The van der Waals surface area contributed by atoms with E-state index < -0.39 is 5.82 Å². The molecule has 150 valence electrons. The van der Waals surface area contributed by atoms with E-state index in [0.717, 1.165) is 24.8 Å². The lowest BCUT2D eigenvalue weighted by atomic mass is 9.89. The summed E-state index contributed by atoms with van der Waals surface area (Å²) in [6.07, 6.45) is 4.09. The van der Waals surface area contributed by atoms with Crippen molar-refractivity contribution < 1.29 is 18.7 Å². The number of nitrogens with zero attached hydrogens (tertiary/aromatic N) is 2. The summed E-state index contributed by atoms with van der Waals surface area (Å²) in [5.74, 6) is 0.950. The summed E-state index contributed by atoms with van der Waals surface area (Å²) in [5, 5.41) is 0. The molecule has 2 aromatic rings. The summed E-state index contributed by atoms with van der Waals surface area (Å²) < 4.78 is 25.2. The van der Waals surface area contributed by atoms with Crippen molar-refractivity contribution in [3.8, 4) is 11.5 Å². The summed E-state index contributed by atoms with van der Waals surface area (Å²) in [4.78, 5) is 18.6. The number of anilines is 1. The van der Waals surface area contributed by atoms with Crippen LogP contribution in [0.5, 0.6) is 11.5 Å². The Morgan fingerprint density at radius 3 is 2.71 bits per heavy atom. The number of ether oxygens (including phenoxy) is 2. The van der Waals surface area contributed by atoms with Gasteiger partial charge in [-0.2, -0.15) is 0 Å². The Hall–Kier alpha value is -2.83. The average molecular weight is 387 g/mol. The van der Waals surface area contributed by atoms with Crippen LogP contribution in [-0.4, -0.2) is 42.6 Å². The number of nitrogen functional groups attached to an aromatic ring is 1. The van der Waals surface area contributed by atoms with E-state index in [4.69, 9.17) is 15.2 Å². The minimum atomic E-state index is -0.551. The Morgan fingerprint density at radius 2 is 2.07 bits per heavy atom. The van der Waals surface area contributed by atoms with Crippen LogP contribution in [0.15, 0.2) is 30.5 Å². The van der Waals surface area contributed by atoms with Crippen molar-refractivity contribution >= 4 is 11.7 Å². The largest absolute Gasteiger partial charge is 0.496 e. The Kier molecular flexibility index (Phi) is 6.34. The zero-order valence-corrected chi connectivity index (χ0v) is 16.3. The Balaban J connectivity index is 1.66. The van der Waals surface area contributed by atoms with Crippen molar-refractivity contribution in [2.45, 2.75) is 32.1 Å². The van der Waals surface area contributed by atoms with Crippen LogP contribution in [-0.2, 0) is 0 Å². The van der Waals surface area contributed by atoms with Crippen LogP contribution < -0.4 is 15.2 Å². The molecule has 7 heteroatoms. The number of piperidine rings is 1. The molecular weight excluding hydrogens is 361 g/mol. The normalized spacial score (nSPS) is 14.8. The van der Waals surface area contributed by atoms with E-state index in [-0.39, 0.29) is 17.4 Å². The second-order valence-corrected chi connectivity index (χ2v) is 6.91. The van der Waals surface area contributed by atoms with Gasteiger partial charge in [0.25, 0.3) is 5.91 Å². The van der Waals surface area contributed by atoms with Crippen molar-refractivity contribution in [2.75, 3.05) is 32.5 Å². The molecule has 0 radical (unpaired) electrons. The number of rotatable bonds is 6. The van der Waals surface area contributed by atoms with E-state index in [1.165, 1.54) is 12.1 Å². The van der Waals surface area contributed by atoms with Gasteiger partial charge in [0.2, 0.25) is 0 Å². The van der Waals surface area contributed by atoms with Crippen LogP contribution in [0, 0.1) is 5.82 Å². The molecule has 2 heterocycles. The number of methoxy groups -OCH3 is 1. The highest BCUT2D eigenvalue weighted by molar-refractivity contribution is 5.94. The predicted molar refractivity (Wildman–Crippen MR) is 105 cm³/mol. The number of aromatic nitrogens is 1. The number of benzene rings is 1. The lowest BCUT2D eigenvalue weighted by Crippen LogP contribution is -2.38. The second-order valence-electron chi connectivity index (χ2n) is 6.91. The van der Waals surface area contributed by atoms with E-state index in [0.29, 0.717) is 37.0 Å². The number of carbonyl (C=O) groups is 1. The first-order valence-corrected chi connectivity index (χ1v) is 9.54. The van der Waals surface area contributed by atoms with Gasteiger partial charge < -0.3 is 20.1 Å². The fourth-order valence-electron chi connectivity index (χ4n) is 3.49. The maximum Gasteiger partial charge on any atom is 0.256 e. The van der Waals surface area contributed by atoms with Crippen LogP contribution in [0.2, 0.25) is 0 Å². The first kappa shape index (κ1) is 19.9. The van der Waals surface area contributed by atoms with Crippen LogP contribution in [0.1, 0.15) is 48.0 Å². The second kappa shape index (κ2) is 8.91. The topological polar surface area (TPSA) is 77.7 Å². The fraction of sp³-hybridized carbons (Fsp3) is 0.429. The molecule has 1 aromatic carbocycles. The Bertz CT molecular complexity index is 836. The van der Waals surface area contributed by atoms with Gasteiger partial charge in [-0.25, -0.2) is 9.37 Å². The minimum absolute atomic E-state index is 0.0778. The molecule has 1 saturated heterocycles. The summed E-state index contributed by atoms with van der Waals surface area (Å²) in [6, 6.07) is 6.14. The van der Waals surface area contributed by atoms with E-state index in [2.05, 4.69) is 4.98 Å². The van der Waals surface area contributed by atoms with E-state index in [1.807, 2.05) is 6.92 Å². The van der Waals surface area contributed by atoms with Gasteiger partial charge in [-0.1, -0.05) is 6.92 Å². The first-order chi connectivity index (χ1) is 13.5. The fourth-order valence-corrected chi connectivity index (χ4v) is 3.49. The molecule has 6 nitrogen and oxygen atoms in total. The number of halogens is 1. The number of pyridine rings is 1. The predicted octanol–water partition coefficient (Wildman–Crippen LogP) is 3.62. The number of amides is 1. The molecule has 2 N–H and O–H groups in total. The monoisotopic (exact) mass is 387 g/mol. The van der Waals surface area contributed by atoms with Crippen LogP contribution in [0.4, 0.5) is 10.2 Å². The number of nitrogens with two attached hydrogens (primary N) is 1. The van der Waals surface area contributed by atoms with Gasteiger partial charge in [0, 0.05) is 37.0 Å². The summed E-state index contributed by atoms with van der Waals surface area (Å²) >= 11 is 0. The molecule has 1 aliphatic heterocycles. The van der Waals surface area contributed by atoms with Gasteiger partial charge in [0.1, 0.15) is 23.1 Å². The zero-order valence-electron chi connectivity index (χ0n) is 16.3. The van der Waals surface area contributed by atoms with Gasteiger partial charge >= 0.3 is 0 Å². The highest BCUT2D eigenvalue weighted by atomic mass is 19.1. The summed E-state index contributed by atoms with van der Waals surface area (Å²) in [7, 11) is 1.60. The van der Waals surface area contributed by atoms with Crippen molar-refractivity contribution in [2.24, 2.45) is 0 Å². The number of hydrogen-bond donors (Lipinski definition) is 1. The highest BCUT2D eigenvalue weighted by Crippen LogP contribution is 2.35. The Labute approximate surface area is 164 Å². The molecule has 1 aromatic heterocycles. The third-order valence-corrected chi connectivity index (χ3v) is 5.00. The van der Waals surface area contributed by atoms with Gasteiger partial charge in [-0.05, 0) is 37.3 Å². The summed E-state index contributed by atoms with van der Waals surface area (Å²) in [6.45, 7) is 3.59. The maximum atomic E-state index is 14.4. The molecule has 0 unspecified atom stereocenters. The summed E-state index contributed by atoms with van der Waals surface area (Å²) in [5.41, 5.74) is 6.79. The van der Waals surface area contributed by atoms with E-state index in [9.17, 15) is 9.18 Å². The third-order valence-electron chi connectivity index (χ3n) is 5.00. The standard InChI is InChI=1S/C21H26FN3O3/c1-3-10-28-15-4-5-16(18(22)11-15)21(26)25-8-6-14(7-9-25)17-13-24-20(23)12-19(17)27-2/h4-5,11-14H,3,6-10H2,1-2H3,(H2,23,24). The van der Waals surface area contributed by atoms with Gasteiger partial charge in [-0.15, -0.1) is 0 Å². The van der Waals surface area contributed by atoms with Crippen molar-refractivity contribution in [1.82, 2.24) is 9.88 Å². The van der Waals surface area contributed by atoms with Crippen LogP contribution in [0.3, 0.4) is 0 Å². The molecule has 0 saturated carbocycles. The van der Waals surface area contributed by atoms with Crippen molar-refractivity contribution in [3.63, 3.8) is 0 Å². The van der Waals surface area contributed by atoms with Crippen molar-refractivity contribution in [3.05, 3.63) is 47.4 Å². The van der Waals surface area contributed by atoms with Gasteiger partial charge in [-0.3, -0.25) is 4.79 Å². The molecule has 3 rings (SSSR count). The molecule has 0 bridgehead atoms. The highest BCUT2D eigenvalue weighted by Gasteiger charge is 2.28. The minimum Gasteiger partial charge on any atom is -0.496 e. The number of likely N-dealkylation sites (tertiary alicyclic amines) is 1.